The number of benzene rings is 2. The van der Waals surface area contributed by atoms with Gasteiger partial charge in [-0.05, 0) is 53.1 Å². The van der Waals surface area contributed by atoms with Gasteiger partial charge in [-0.1, -0.05) is 49.4 Å². The molecule has 0 radical (unpaired) electrons. The summed E-state index contributed by atoms with van der Waals surface area (Å²) in [4.78, 5) is 12.2. The van der Waals surface area contributed by atoms with E-state index < -0.39 is 0 Å². The first-order valence-corrected chi connectivity index (χ1v) is 9.99. The number of para-hydroxylation sites is 1. The van der Waals surface area contributed by atoms with Gasteiger partial charge in [-0.2, -0.15) is 9.94 Å². The first kappa shape index (κ1) is 19.6. The molecule has 1 heterocycles. The van der Waals surface area contributed by atoms with E-state index in [4.69, 9.17) is 5.26 Å². The molecule has 0 spiro atoms. The van der Waals surface area contributed by atoms with Gasteiger partial charge in [0, 0.05) is 0 Å². The minimum Gasteiger partial charge on any atom is -0.324 e. The lowest BCUT2D eigenvalue weighted by atomic mass is 10.1. The predicted octanol–water partition coefficient (Wildman–Crippen LogP) is 3.61. The second kappa shape index (κ2) is 9.67. The molecular formula is C20H20N6OS. The molecule has 0 saturated carbocycles. The molecule has 1 N–H and O–H groups in total. The van der Waals surface area contributed by atoms with E-state index in [9.17, 15) is 4.79 Å². The first-order valence-electron chi connectivity index (χ1n) is 9.00. The van der Waals surface area contributed by atoms with Gasteiger partial charge in [-0.3, -0.25) is 4.79 Å². The van der Waals surface area contributed by atoms with Crippen molar-refractivity contribution in [3.8, 4) is 11.8 Å². The topological polar surface area (TPSA) is 96.5 Å². The minimum absolute atomic E-state index is 0.134. The van der Waals surface area contributed by atoms with E-state index in [0.29, 0.717) is 16.4 Å². The number of anilines is 1. The van der Waals surface area contributed by atoms with Gasteiger partial charge in [-0.15, -0.1) is 5.10 Å². The quantitative estimate of drug-likeness (QED) is 0.588. The third-order valence-electron chi connectivity index (χ3n) is 4.09. The fraction of sp³-hybridized carbons (Fsp3) is 0.250. The van der Waals surface area contributed by atoms with Crippen LogP contribution in [-0.2, 0) is 11.2 Å². The summed E-state index contributed by atoms with van der Waals surface area (Å²) < 4.78 is 1.62. The van der Waals surface area contributed by atoms with Crippen LogP contribution in [0.3, 0.4) is 0 Å². The molecule has 3 aromatic rings. The van der Waals surface area contributed by atoms with Crippen LogP contribution in [0.5, 0.6) is 0 Å². The lowest BCUT2D eigenvalue weighted by Crippen LogP contribution is -2.15. The number of tetrazole rings is 1. The molecule has 8 heteroatoms. The molecule has 0 atom stereocenters. The zero-order chi connectivity index (χ0) is 19.8. The number of hydrogen-bond donors (Lipinski definition) is 1. The zero-order valence-corrected chi connectivity index (χ0v) is 16.3. The number of unbranched alkanes of at least 4 members (excludes halogenated alkanes) is 1. The molecular weight excluding hydrogens is 372 g/mol. The molecule has 1 aromatic heterocycles. The number of amides is 1. The minimum atomic E-state index is -0.225. The van der Waals surface area contributed by atoms with Crippen molar-refractivity contribution < 1.29 is 4.79 Å². The van der Waals surface area contributed by atoms with Gasteiger partial charge < -0.3 is 5.32 Å². The molecule has 0 unspecified atom stereocenters. The smallest absolute Gasteiger partial charge is 0.234 e. The van der Waals surface area contributed by atoms with Crippen molar-refractivity contribution in [3.05, 3.63) is 59.7 Å². The van der Waals surface area contributed by atoms with E-state index in [1.54, 1.807) is 28.9 Å². The van der Waals surface area contributed by atoms with Crippen LogP contribution in [0, 0.1) is 11.3 Å². The third-order valence-corrected chi connectivity index (χ3v) is 5.01. The number of aromatic nitrogens is 4. The number of nitriles is 1. The number of hydrogen-bond acceptors (Lipinski definition) is 6. The summed E-state index contributed by atoms with van der Waals surface area (Å²) >= 11 is 1.24. The Morgan fingerprint density at radius 3 is 2.75 bits per heavy atom. The lowest BCUT2D eigenvalue weighted by Gasteiger charge is -2.07. The summed E-state index contributed by atoms with van der Waals surface area (Å²) in [5.74, 6) is -0.0912. The largest absolute Gasteiger partial charge is 0.324 e. The van der Waals surface area contributed by atoms with Crippen molar-refractivity contribution in [1.29, 1.82) is 5.26 Å². The molecule has 1 amide bonds. The average Bonchev–Trinajstić information content (AvgIpc) is 3.20. The first-order chi connectivity index (χ1) is 13.7. The maximum absolute atomic E-state index is 12.2. The Labute approximate surface area is 167 Å². The summed E-state index contributed by atoms with van der Waals surface area (Å²) in [6.45, 7) is 2.17. The van der Waals surface area contributed by atoms with Crippen LogP contribution in [0.4, 0.5) is 5.69 Å². The predicted molar refractivity (Wildman–Crippen MR) is 108 cm³/mol. The van der Waals surface area contributed by atoms with Crippen molar-refractivity contribution in [2.24, 2.45) is 0 Å². The number of aryl methyl sites for hydroxylation is 1. The third kappa shape index (κ3) is 4.96. The van der Waals surface area contributed by atoms with Crippen LogP contribution in [0.15, 0.2) is 53.7 Å². The van der Waals surface area contributed by atoms with Crippen molar-refractivity contribution in [2.45, 2.75) is 31.3 Å². The van der Waals surface area contributed by atoms with Crippen LogP contribution in [0.2, 0.25) is 0 Å². The average molecular weight is 392 g/mol. The van der Waals surface area contributed by atoms with Gasteiger partial charge in [0.2, 0.25) is 11.1 Å². The summed E-state index contributed by atoms with van der Waals surface area (Å²) in [7, 11) is 0. The molecule has 0 bridgehead atoms. The van der Waals surface area contributed by atoms with E-state index in [1.807, 2.05) is 12.1 Å². The number of carbonyl (C=O) groups is 1. The second-order valence-electron chi connectivity index (χ2n) is 6.14. The molecule has 0 aliphatic rings. The highest BCUT2D eigenvalue weighted by Crippen LogP contribution is 2.20. The molecule has 0 fully saturated rings. The molecule has 2 aromatic carbocycles. The van der Waals surface area contributed by atoms with Crippen LogP contribution < -0.4 is 5.32 Å². The number of carbonyl (C=O) groups excluding carboxylic acids is 1. The SMILES string of the molecule is CCCCc1ccc(-n2nnnc2SCC(=O)Nc2ccccc2C#N)cc1. The maximum atomic E-state index is 12.2. The monoisotopic (exact) mass is 392 g/mol. The van der Waals surface area contributed by atoms with Crippen molar-refractivity contribution >= 4 is 23.4 Å². The summed E-state index contributed by atoms with van der Waals surface area (Å²) in [5.41, 5.74) is 3.05. The molecule has 3 rings (SSSR count). The van der Waals surface area contributed by atoms with E-state index in [0.717, 1.165) is 24.9 Å². The van der Waals surface area contributed by atoms with Crippen molar-refractivity contribution in [3.63, 3.8) is 0 Å². The molecule has 7 nitrogen and oxygen atoms in total. The molecule has 0 aliphatic heterocycles. The Hall–Kier alpha value is -3.18. The number of nitrogens with zero attached hydrogens (tertiary/aromatic N) is 5. The van der Waals surface area contributed by atoms with Gasteiger partial charge in [0.15, 0.2) is 0 Å². The van der Waals surface area contributed by atoms with E-state index >= 15 is 0 Å². The Bertz CT molecular complexity index is 977. The molecule has 28 heavy (non-hydrogen) atoms. The van der Waals surface area contributed by atoms with E-state index in [1.165, 1.54) is 17.3 Å². The van der Waals surface area contributed by atoms with E-state index in [2.05, 4.69) is 46.0 Å². The fourth-order valence-corrected chi connectivity index (χ4v) is 3.31. The normalized spacial score (nSPS) is 10.4. The standard InChI is InChI=1S/C20H20N6OS/c1-2-3-6-15-9-11-17(12-10-15)26-20(23-24-25-26)28-14-19(27)22-18-8-5-4-7-16(18)13-21/h4-5,7-12H,2-3,6,14H2,1H3,(H,22,27). The van der Waals surface area contributed by atoms with Crippen LogP contribution in [0.25, 0.3) is 5.69 Å². The van der Waals surface area contributed by atoms with Gasteiger partial charge in [0.1, 0.15) is 6.07 Å². The van der Waals surface area contributed by atoms with Crippen LogP contribution in [-0.4, -0.2) is 31.9 Å². The van der Waals surface area contributed by atoms with Gasteiger partial charge in [0.25, 0.3) is 0 Å². The van der Waals surface area contributed by atoms with Crippen molar-refractivity contribution in [2.75, 3.05) is 11.1 Å². The van der Waals surface area contributed by atoms with E-state index in [-0.39, 0.29) is 11.7 Å². The summed E-state index contributed by atoms with van der Waals surface area (Å²) in [5, 5.41) is 24.2. The van der Waals surface area contributed by atoms with Gasteiger partial charge >= 0.3 is 0 Å². The molecule has 0 saturated heterocycles. The fourth-order valence-electron chi connectivity index (χ4n) is 2.62. The number of thioether (sulfide) groups is 1. The highest BCUT2D eigenvalue weighted by molar-refractivity contribution is 7.99. The Morgan fingerprint density at radius 2 is 2.00 bits per heavy atom. The highest BCUT2D eigenvalue weighted by atomic mass is 32.2. The molecule has 142 valence electrons. The van der Waals surface area contributed by atoms with Crippen LogP contribution >= 0.6 is 11.8 Å². The lowest BCUT2D eigenvalue weighted by molar-refractivity contribution is -0.113. The summed E-state index contributed by atoms with van der Waals surface area (Å²) in [6.07, 6.45) is 3.38. The summed E-state index contributed by atoms with van der Waals surface area (Å²) in [6, 6.07) is 17.1. The second-order valence-corrected chi connectivity index (χ2v) is 7.08. The Kier molecular flexibility index (Phi) is 6.76. The molecule has 0 aliphatic carbocycles. The number of rotatable bonds is 8. The Morgan fingerprint density at radius 1 is 1.21 bits per heavy atom. The maximum Gasteiger partial charge on any atom is 0.234 e. The highest BCUT2D eigenvalue weighted by Gasteiger charge is 2.13. The van der Waals surface area contributed by atoms with Crippen LogP contribution in [0.1, 0.15) is 30.9 Å². The zero-order valence-electron chi connectivity index (χ0n) is 15.5. The number of nitrogens with one attached hydrogen (secondary N) is 1. The van der Waals surface area contributed by atoms with Gasteiger partial charge in [0.05, 0.1) is 22.7 Å². The van der Waals surface area contributed by atoms with Gasteiger partial charge in [-0.25, -0.2) is 0 Å². The van der Waals surface area contributed by atoms with Crippen molar-refractivity contribution in [1.82, 2.24) is 20.2 Å². The Balaban J connectivity index is 1.63.